The number of nitrogens with one attached hydrogen (secondary N) is 1. The lowest BCUT2D eigenvalue weighted by Crippen LogP contribution is -2.48. The monoisotopic (exact) mass is 334 g/mol. The Morgan fingerprint density at radius 1 is 1.57 bits per heavy atom. The maximum Gasteiger partial charge on any atom is 0.293 e. The highest BCUT2D eigenvalue weighted by Gasteiger charge is 2.25. The van der Waals surface area contributed by atoms with Crippen LogP contribution in [0.1, 0.15) is 10.4 Å². The average Bonchev–Trinajstić information content (AvgIpc) is 3.10. The van der Waals surface area contributed by atoms with Gasteiger partial charge in [-0.05, 0) is 11.4 Å². The van der Waals surface area contributed by atoms with Gasteiger partial charge in [-0.2, -0.15) is 11.3 Å². The molecule has 122 valence electrons. The van der Waals surface area contributed by atoms with Gasteiger partial charge in [-0.1, -0.05) is 0 Å². The lowest BCUT2D eigenvalue weighted by Gasteiger charge is -2.33. The quantitative estimate of drug-likeness (QED) is 0.895. The molecule has 1 aliphatic heterocycles. The predicted octanol–water partition coefficient (Wildman–Crippen LogP) is 0.795. The number of ether oxygens (including phenoxy) is 1. The number of hydrogen-bond donors (Lipinski definition) is 1. The number of hydrogen-bond acceptors (Lipinski definition) is 6. The van der Waals surface area contributed by atoms with Gasteiger partial charge >= 0.3 is 0 Å². The molecule has 3 heterocycles. The Balaban J connectivity index is 1.60. The van der Waals surface area contributed by atoms with Crippen molar-refractivity contribution in [3.05, 3.63) is 45.1 Å². The topological polar surface area (TPSA) is 76.5 Å². The Labute approximate surface area is 137 Å². The maximum atomic E-state index is 12.4. The molecular weight excluding hydrogens is 316 g/mol. The number of anilines is 1. The minimum absolute atomic E-state index is 0.0216. The van der Waals surface area contributed by atoms with Gasteiger partial charge in [0.25, 0.3) is 11.5 Å². The standard InChI is InChI=1S/C15H18N4O3S/c1-18-4-3-16-13(15(18)21)17-8-12-9-19(5-6-22-12)14(20)11-2-7-23-10-11/h2-4,7,10,12H,5-6,8-9H2,1H3,(H,16,17)/t12-/m1/s1. The van der Waals surface area contributed by atoms with E-state index in [0.717, 1.165) is 0 Å². The van der Waals surface area contributed by atoms with Crippen molar-refractivity contribution >= 4 is 23.1 Å². The van der Waals surface area contributed by atoms with Gasteiger partial charge in [0.1, 0.15) is 0 Å². The summed E-state index contributed by atoms with van der Waals surface area (Å²) in [6.45, 7) is 1.99. The highest BCUT2D eigenvalue weighted by molar-refractivity contribution is 7.08. The third kappa shape index (κ3) is 3.59. The lowest BCUT2D eigenvalue weighted by atomic mass is 10.2. The van der Waals surface area contributed by atoms with Crippen LogP contribution < -0.4 is 10.9 Å². The molecule has 0 unspecified atom stereocenters. The average molecular weight is 334 g/mol. The summed E-state index contributed by atoms with van der Waals surface area (Å²) in [5.41, 5.74) is 0.525. The van der Waals surface area contributed by atoms with E-state index >= 15 is 0 Å². The van der Waals surface area contributed by atoms with Crippen LogP contribution in [0.15, 0.2) is 34.0 Å². The van der Waals surface area contributed by atoms with E-state index in [9.17, 15) is 9.59 Å². The lowest BCUT2D eigenvalue weighted by molar-refractivity contribution is -0.0149. The summed E-state index contributed by atoms with van der Waals surface area (Å²) < 4.78 is 7.14. The molecule has 8 heteroatoms. The van der Waals surface area contributed by atoms with E-state index in [1.165, 1.54) is 15.9 Å². The number of thiophene rings is 1. The molecule has 0 saturated carbocycles. The van der Waals surface area contributed by atoms with Crippen molar-refractivity contribution in [3.63, 3.8) is 0 Å². The van der Waals surface area contributed by atoms with Crippen molar-refractivity contribution in [2.75, 3.05) is 31.6 Å². The van der Waals surface area contributed by atoms with E-state index in [4.69, 9.17) is 4.74 Å². The number of morpholine rings is 1. The summed E-state index contributed by atoms with van der Waals surface area (Å²) in [4.78, 5) is 30.1. The summed E-state index contributed by atoms with van der Waals surface area (Å²) in [6.07, 6.45) is 3.00. The number of carbonyl (C=O) groups excluding carboxylic acids is 1. The van der Waals surface area contributed by atoms with E-state index in [-0.39, 0.29) is 17.6 Å². The van der Waals surface area contributed by atoms with Crippen molar-refractivity contribution in [2.45, 2.75) is 6.10 Å². The fraction of sp³-hybridized carbons (Fsp3) is 0.400. The molecule has 0 aromatic carbocycles. The van der Waals surface area contributed by atoms with Gasteiger partial charge in [0.05, 0.1) is 18.3 Å². The predicted molar refractivity (Wildman–Crippen MR) is 87.9 cm³/mol. The van der Waals surface area contributed by atoms with Crippen LogP contribution in [-0.2, 0) is 11.8 Å². The molecule has 1 amide bonds. The molecule has 0 radical (unpaired) electrons. The van der Waals surface area contributed by atoms with Crippen LogP contribution in [0.4, 0.5) is 5.82 Å². The van der Waals surface area contributed by atoms with Crippen LogP contribution in [-0.4, -0.2) is 52.7 Å². The molecule has 3 rings (SSSR count). The first-order chi connectivity index (χ1) is 11.1. The van der Waals surface area contributed by atoms with Gasteiger partial charge in [0, 0.05) is 44.5 Å². The van der Waals surface area contributed by atoms with Crippen molar-refractivity contribution in [1.29, 1.82) is 0 Å². The summed E-state index contributed by atoms with van der Waals surface area (Å²) in [5, 5.41) is 6.75. The smallest absolute Gasteiger partial charge is 0.293 e. The SMILES string of the molecule is Cn1ccnc(NC[C@@H]2CN(C(=O)c3ccsc3)CCO2)c1=O. The molecular formula is C15H18N4O3S. The highest BCUT2D eigenvalue weighted by Crippen LogP contribution is 2.13. The Bertz CT molecular complexity index is 729. The summed E-state index contributed by atoms with van der Waals surface area (Å²) in [6, 6.07) is 1.83. The highest BCUT2D eigenvalue weighted by atomic mass is 32.1. The number of amides is 1. The van der Waals surface area contributed by atoms with E-state index in [1.807, 2.05) is 16.8 Å². The van der Waals surface area contributed by atoms with Crippen molar-refractivity contribution in [3.8, 4) is 0 Å². The van der Waals surface area contributed by atoms with Crippen LogP contribution in [0.2, 0.25) is 0 Å². The molecule has 0 bridgehead atoms. The molecule has 2 aromatic heterocycles. The summed E-state index contributed by atoms with van der Waals surface area (Å²) in [5.74, 6) is 0.313. The van der Waals surface area contributed by atoms with Crippen molar-refractivity contribution < 1.29 is 9.53 Å². The van der Waals surface area contributed by atoms with Gasteiger partial charge in [0.2, 0.25) is 0 Å². The molecule has 0 spiro atoms. The van der Waals surface area contributed by atoms with Crippen LogP contribution in [0.3, 0.4) is 0 Å². The first-order valence-corrected chi connectivity index (χ1v) is 8.28. The maximum absolute atomic E-state index is 12.4. The van der Waals surface area contributed by atoms with Crippen LogP contribution >= 0.6 is 11.3 Å². The molecule has 1 aliphatic rings. The van der Waals surface area contributed by atoms with Gasteiger partial charge in [-0.25, -0.2) is 4.98 Å². The number of rotatable bonds is 4. The number of aromatic nitrogens is 2. The minimum Gasteiger partial charge on any atom is -0.373 e. The van der Waals surface area contributed by atoms with E-state index in [1.54, 1.807) is 24.3 Å². The van der Waals surface area contributed by atoms with Crippen molar-refractivity contribution in [1.82, 2.24) is 14.5 Å². The molecule has 1 N–H and O–H groups in total. The normalized spacial score (nSPS) is 18.0. The Morgan fingerprint density at radius 3 is 3.22 bits per heavy atom. The zero-order valence-corrected chi connectivity index (χ0v) is 13.6. The molecule has 0 aliphatic carbocycles. The number of aryl methyl sites for hydroxylation is 1. The summed E-state index contributed by atoms with van der Waals surface area (Å²) in [7, 11) is 1.67. The van der Waals surface area contributed by atoms with Gasteiger partial charge in [0.15, 0.2) is 5.82 Å². The van der Waals surface area contributed by atoms with E-state index in [2.05, 4.69) is 10.3 Å². The van der Waals surface area contributed by atoms with E-state index < -0.39 is 0 Å². The third-order valence-electron chi connectivity index (χ3n) is 3.71. The largest absolute Gasteiger partial charge is 0.373 e. The second-order valence-corrected chi connectivity index (χ2v) is 6.11. The Morgan fingerprint density at radius 2 is 2.43 bits per heavy atom. The van der Waals surface area contributed by atoms with E-state index in [0.29, 0.717) is 37.6 Å². The third-order valence-corrected chi connectivity index (χ3v) is 4.39. The first kappa shape index (κ1) is 15.7. The van der Waals surface area contributed by atoms with Crippen LogP contribution in [0, 0.1) is 0 Å². The number of carbonyl (C=O) groups is 1. The molecule has 1 saturated heterocycles. The van der Waals surface area contributed by atoms with Gasteiger partial charge < -0.3 is 19.5 Å². The fourth-order valence-electron chi connectivity index (χ4n) is 2.43. The summed E-state index contributed by atoms with van der Waals surface area (Å²) >= 11 is 1.51. The number of nitrogens with zero attached hydrogens (tertiary/aromatic N) is 3. The van der Waals surface area contributed by atoms with Crippen LogP contribution in [0.25, 0.3) is 0 Å². The zero-order valence-electron chi connectivity index (χ0n) is 12.8. The minimum atomic E-state index is -0.186. The second-order valence-electron chi connectivity index (χ2n) is 5.33. The first-order valence-electron chi connectivity index (χ1n) is 7.33. The molecule has 23 heavy (non-hydrogen) atoms. The molecule has 1 fully saturated rings. The Hall–Kier alpha value is -2.19. The fourth-order valence-corrected chi connectivity index (χ4v) is 3.06. The van der Waals surface area contributed by atoms with Gasteiger partial charge in [-0.15, -0.1) is 0 Å². The van der Waals surface area contributed by atoms with Gasteiger partial charge in [-0.3, -0.25) is 9.59 Å². The molecule has 2 aromatic rings. The van der Waals surface area contributed by atoms with Crippen molar-refractivity contribution in [2.24, 2.45) is 7.05 Å². The second kappa shape index (κ2) is 6.93. The van der Waals surface area contributed by atoms with Crippen LogP contribution in [0.5, 0.6) is 0 Å². The molecule has 7 nitrogen and oxygen atoms in total. The molecule has 1 atom stereocenters. The zero-order chi connectivity index (χ0) is 16.2. The Kier molecular flexibility index (Phi) is 4.73.